The van der Waals surface area contributed by atoms with Crippen LogP contribution >= 0.6 is 0 Å². The summed E-state index contributed by atoms with van der Waals surface area (Å²) in [6.07, 6.45) is 0. The molecule has 0 fully saturated rings. The molecule has 0 bridgehead atoms. The van der Waals surface area contributed by atoms with Gasteiger partial charge in [0.25, 0.3) is 0 Å². The van der Waals surface area contributed by atoms with Gasteiger partial charge >= 0.3 is 0 Å². The van der Waals surface area contributed by atoms with E-state index in [-0.39, 0.29) is 5.54 Å². The minimum atomic E-state index is 0.233. The lowest BCUT2D eigenvalue weighted by atomic mass is 9.82. The minimum absolute atomic E-state index is 0.233. The van der Waals surface area contributed by atoms with Crippen molar-refractivity contribution in [3.63, 3.8) is 0 Å². The summed E-state index contributed by atoms with van der Waals surface area (Å²) in [6, 6.07) is 0. The Hall–Kier alpha value is -0.0800. The second-order valence-corrected chi connectivity index (χ2v) is 6.65. The molecule has 0 aliphatic heterocycles. The molecule has 2 N–H and O–H groups in total. The van der Waals surface area contributed by atoms with Crippen molar-refractivity contribution < 1.29 is 0 Å². The Bertz CT molecular complexity index is 162. The fourth-order valence-corrected chi connectivity index (χ4v) is 1.15. The summed E-state index contributed by atoms with van der Waals surface area (Å²) in [5, 5.41) is 6.97. The van der Waals surface area contributed by atoms with Crippen molar-refractivity contribution in [2.75, 3.05) is 19.6 Å². The van der Waals surface area contributed by atoms with E-state index in [1.54, 1.807) is 0 Å². The highest BCUT2D eigenvalue weighted by Crippen LogP contribution is 2.24. The van der Waals surface area contributed by atoms with Gasteiger partial charge in [0, 0.05) is 18.6 Å². The fraction of sp³-hybridized carbons (Fsp3) is 1.00. The second-order valence-electron chi connectivity index (χ2n) is 6.65. The molecular weight excluding hydrogens is 184 g/mol. The van der Waals surface area contributed by atoms with E-state index in [4.69, 9.17) is 0 Å². The van der Waals surface area contributed by atoms with Crippen LogP contribution in [0.3, 0.4) is 0 Å². The van der Waals surface area contributed by atoms with Crippen LogP contribution in [0.4, 0.5) is 0 Å². The number of hydrogen-bond acceptors (Lipinski definition) is 2. The molecule has 0 radical (unpaired) electrons. The minimum Gasteiger partial charge on any atom is -0.315 e. The molecule has 0 aliphatic carbocycles. The van der Waals surface area contributed by atoms with E-state index in [9.17, 15) is 0 Å². The molecule has 0 aromatic carbocycles. The van der Waals surface area contributed by atoms with Crippen LogP contribution in [0.1, 0.15) is 48.5 Å². The van der Waals surface area contributed by atoms with Crippen LogP contribution in [0.15, 0.2) is 0 Å². The molecule has 0 aromatic rings. The lowest BCUT2D eigenvalue weighted by Gasteiger charge is -2.28. The highest BCUT2D eigenvalue weighted by molar-refractivity contribution is 4.73. The molecule has 0 rings (SSSR count). The SMILES string of the molecule is CC(CNCCNC(C)(C)C)C(C)(C)C. The largest absolute Gasteiger partial charge is 0.315 e. The van der Waals surface area contributed by atoms with Crippen LogP contribution in [0.25, 0.3) is 0 Å². The normalized spacial score (nSPS) is 15.4. The van der Waals surface area contributed by atoms with Crippen molar-refractivity contribution in [2.45, 2.75) is 54.0 Å². The Morgan fingerprint density at radius 2 is 1.47 bits per heavy atom. The van der Waals surface area contributed by atoms with Crippen LogP contribution in [0.5, 0.6) is 0 Å². The Balaban J connectivity index is 3.48. The van der Waals surface area contributed by atoms with Crippen LogP contribution < -0.4 is 10.6 Å². The highest BCUT2D eigenvalue weighted by Gasteiger charge is 2.19. The first kappa shape index (κ1) is 14.9. The van der Waals surface area contributed by atoms with Gasteiger partial charge in [0.05, 0.1) is 0 Å². The molecule has 0 aliphatic rings. The van der Waals surface area contributed by atoms with Gasteiger partial charge in [-0.3, -0.25) is 0 Å². The van der Waals surface area contributed by atoms with Crippen molar-refractivity contribution in [3.8, 4) is 0 Å². The van der Waals surface area contributed by atoms with E-state index in [2.05, 4.69) is 59.1 Å². The van der Waals surface area contributed by atoms with Crippen molar-refractivity contribution >= 4 is 0 Å². The number of rotatable bonds is 5. The molecule has 15 heavy (non-hydrogen) atoms. The van der Waals surface area contributed by atoms with E-state index in [0.29, 0.717) is 11.3 Å². The second kappa shape index (κ2) is 5.86. The van der Waals surface area contributed by atoms with Gasteiger partial charge in [-0.25, -0.2) is 0 Å². The van der Waals surface area contributed by atoms with Crippen LogP contribution in [0.2, 0.25) is 0 Å². The predicted molar refractivity (Wildman–Crippen MR) is 69.2 cm³/mol. The van der Waals surface area contributed by atoms with Crippen molar-refractivity contribution in [2.24, 2.45) is 11.3 Å². The summed E-state index contributed by atoms with van der Waals surface area (Å²) in [6.45, 7) is 19.0. The molecule has 92 valence electrons. The quantitative estimate of drug-likeness (QED) is 0.688. The third-order valence-electron chi connectivity index (χ3n) is 2.89. The molecule has 0 saturated heterocycles. The molecule has 1 atom stereocenters. The molecule has 0 saturated carbocycles. The molecule has 1 unspecified atom stereocenters. The zero-order chi connectivity index (χ0) is 12.1. The van der Waals surface area contributed by atoms with E-state index in [1.165, 1.54) is 0 Å². The zero-order valence-corrected chi connectivity index (χ0v) is 11.7. The van der Waals surface area contributed by atoms with E-state index in [0.717, 1.165) is 19.6 Å². The van der Waals surface area contributed by atoms with Gasteiger partial charge in [0.1, 0.15) is 0 Å². The van der Waals surface area contributed by atoms with E-state index in [1.807, 2.05) is 0 Å². The fourth-order valence-electron chi connectivity index (χ4n) is 1.15. The third kappa shape index (κ3) is 8.88. The maximum absolute atomic E-state index is 3.50. The van der Waals surface area contributed by atoms with Crippen LogP contribution in [-0.2, 0) is 0 Å². The van der Waals surface area contributed by atoms with Gasteiger partial charge in [-0.1, -0.05) is 27.7 Å². The molecule has 0 heterocycles. The summed E-state index contributed by atoms with van der Waals surface area (Å²) in [5.74, 6) is 0.715. The van der Waals surface area contributed by atoms with Crippen molar-refractivity contribution in [3.05, 3.63) is 0 Å². The Kier molecular flexibility index (Phi) is 5.82. The van der Waals surface area contributed by atoms with Gasteiger partial charge < -0.3 is 10.6 Å². The summed E-state index contributed by atoms with van der Waals surface area (Å²) >= 11 is 0. The van der Waals surface area contributed by atoms with Gasteiger partial charge in [0.2, 0.25) is 0 Å². The lowest BCUT2D eigenvalue weighted by Crippen LogP contribution is -2.41. The van der Waals surface area contributed by atoms with Gasteiger partial charge in [-0.15, -0.1) is 0 Å². The summed E-state index contributed by atoms with van der Waals surface area (Å²) < 4.78 is 0. The van der Waals surface area contributed by atoms with E-state index >= 15 is 0 Å². The average molecular weight is 214 g/mol. The Morgan fingerprint density at radius 3 is 1.87 bits per heavy atom. The third-order valence-corrected chi connectivity index (χ3v) is 2.89. The predicted octanol–water partition coefficient (Wildman–Crippen LogP) is 2.65. The maximum atomic E-state index is 3.50. The average Bonchev–Trinajstić information content (AvgIpc) is 1.99. The molecule has 0 aromatic heterocycles. The van der Waals surface area contributed by atoms with Crippen molar-refractivity contribution in [1.82, 2.24) is 10.6 Å². The molecule has 0 spiro atoms. The highest BCUT2D eigenvalue weighted by atomic mass is 15.0. The monoisotopic (exact) mass is 214 g/mol. The Morgan fingerprint density at radius 1 is 0.933 bits per heavy atom. The standard InChI is InChI=1S/C13H30N2/c1-11(12(2,3)4)10-14-8-9-15-13(5,6)7/h11,14-15H,8-10H2,1-7H3. The first-order valence-electron chi connectivity index (χ1n) is 6.08. The summed E-state index contributed by atoms with van der Waals surface area (Å²) in [5.41, 5.74) is 0.641. The topological polar surface area (TPSA) is 24.1 Å². The van der Waals surface area contributed by atoms with Gasteiger partial charge in [-0.05, 0) is 38.6 Å². The van der Waals surface area contributed by atoms with Gasteiger partial charge in [-0.2, -0.15) is 0 Å². The Labute approximate surface area is 96.2 Å². The lowest BCUT2D eigenvalue weighted by molar-refractivity contribution is 0.252. The molecule has 2 nitrogen and oxygen atoms in total. The summed E-state index contributed by atoms with van der Waals surface area (Å²) in [7, 11) is 0. The van der Waals surface area contributed by atoms with Gasteiger partial charge in [0.15, 0.2) is 0 Å². The zero-order valence-electron chi connectivity index (χ0n) is 11.7. The van der Waals surface area contributed by atoms with Crippen LogP contribution in [-0.4, -0.2) is 25.2 Å². The first-order valence-corrected chi connectivity index (χ1v) is 6.08. The number of nitrogens with one attached hydrogen (secondary N) is 2. The first-order chi connectivity index (χ1) is 6.63. The van der Waals surface area contributed by atoms with Crippen molar-refractivity contribution in [1.29, 1.82) is 0 Å². The summed E-state index contributed by atoms with van der Waals surface area (Å²) in [4.78, 5) is 0. The smallest absolute Gasteiger partial charge is 0.00970 e. The van der Waals surface area contributed by atoms with Crippen LogP contribution in [0, 0.1) is 11.3 Å². The molecular formula is C13H30N2. The molecule has 2 heteroatoms. The number of hydrogen-bond donors (Lipinski definition) is 2. The van der Waals surface area contributed by atoms with E-state index < -0.39 is 0 Å². The molecule has 0 amide bonds. The maximum Gasteiger partial charge on any atom is 0.00970 e.